The van der Waals surface area contributed by atoms with E-state index in [1.54, 1.807) is 48.5 Å². The Morgan fingerprint density at radius 3 is 2.47 bits per heavy atom. The number of hydrogen-bond acceptors (Lipinski definition) is 5. The van der Waals surface area contributed by atoms with Crippen molar-refractivity contribution in [2.75, 3.05) is 11.9 Å². The Balaban J connectivity index is 1.31. The molecule has 6 nitrogen and oxygen atoms in total. The van der Waals surface area contributed by atoms with Gasteiger partial charge in [0.05, 0.1) is 18.3 Å². The van der Waals surface area contributed by atoms with Gasteiger partial charge >= 0.3 is 5.97 Å². The molecule has 0 atom stereocenters. The number of carbonyl (C=O) groups is 2. The van der Waals surface area contributed by atoms with Crippen LogP contribution in [0.25, 0.3) is 10.8 Å². The summed E-state index contributed by atoms with van der Waals surface area (Å²) in [7, 11) is 0. The van der Waals surface area contributed by atoms with E-state index in [1.165, 1.54) is 6.21 Å². The molecule has 1 amide bonds. The highest BCUT2D eigenvalue weighted by molar-refractivity contribution is 5.95. The van der Waals surface area contributed by atoms with Crippen LogP contribution in [-0.4, -0.2) is 24.6 Å². The molecule has 4 aromatic rings. The van der Waals surface area contributed by atoms with Gasteiger partial charge in [0.1, 0.15) is 5.75 Å². The third-order valence-corrected chi connectivity index (χ3v) is 4.71. The minimum Gasteiger partial charge on any atom is -0.423 e. The van der Waals surface area contributed by atoms with Crippen LogP contribution < -0.4 is 15.5 Å². The van der Waals surface area contributed by atoms with Crippen molar-refractivity contribution in [1.82, 2.24) is 5.43 Å². The van der Waals surface area contributed by atoms with Crippen molar-refractivity contribution in [2.24, 2.45) is 5.10 Å². The van der Waals surface area contributed by atoms with Gasteiger partial charge in [-0.05, 0) is 41.3 Å². The van der Waals surface area contributed by atoms with Crippen molar-refractivity contribution >= 4 is 34.6 Å². The van der Waals surface area contributed by atoms with E-state index >= 15 is 0 Å². The van der Waals surface area contributed by atoms with E-state index in [0.29, 0.717) is 16.9 Å². The first-order valence-electron chi connectivity index (χ1n) is 10.1. The van der Waals surface area contributed by atoms with Gasteiger partial charge in [-0.2, -0.15) is 5.10 Å². The van der Waals surface area contributed by atoms with E-state index in [1.807, 2.05) is 48.5 Å². The molecule has 4 aromatic carbocycles. The second-order valence-electron chi connectivity index (χ2n) is 7.00. The maximum absolute atomic E-state index is 12.2. The monoisotopic (exact) mass is 423 g/mol. The largest absolute Gasteiger partial charge is 0.423 e. The van der Waals surface area contributed by atoms with Crippen molar-refractivity contribution < 1.29 is 14.3 Å². The molecule has 0 heterocycles. The zero-order valence-electron chi connectivity index (χ0n) is 17.2. The number of carbonyl (C=O) groups excluding carboxylic acids is 2. The first-order chi connectivity index (χ1) is 15.7. The second-order valence-corrected chi connectivity index (χ2v) is 7.00. The molecule has 6 heteroatoms. The number of ether oxygens (including phenoxy) is 1. The summed E-state index contributed by atoms with van der Waals surface area (Å²) in [4.78, 5) is 24.3. The number of rotatable bonds is 7. The topological polar surface area (TPSA) is 79.8 Å². The predicted octanol–water partition coefficient (Wildman–Crippen LogP) is 4.62. The van der Waals surface area contributed by atoms with Gasteiger partial charge in [-0.15, -0.1) is 0 Å². The lowest BCUT2D eigenvalue weighted by molar-refractivity contribution is -0.119. The number of hydrazone groups is 1. The molecule has 2 N–H and O–H groups in total. The molecule has 158 valence electrons. The van der Waals surface area contributed by atoms with Gasteiger partial charge in [0.2, 0.25) is 0 Å². The van der Waals surface area contributed by atoms with Crippen molar-refractivity contribution in [2.45, 2.75) is 0 Å². The average Bonchev–Trinajstić information content (AvgIpc) is 2.83. The third kappa shape index (κ3) is 5.37. The molecule has 0 saturated heterocycles. The molecule has 32 heavy (non-hydrogen) atoms. The molecule has 0 spiro atoms. The van der Waals surface area contributed by atoms with E-state index in [2.05, 4.69) is 15.8 Å². The number of amides is 1. The maximum Gasteiger partial charge on any atom is 0.343 e. The van der Waals surface area contributed by atoms with E-state index in [4.69, 9.17) is 4.74 Å². The molecule has 4 rings (SSSR count). The summed E-state index contributed by atoms with van der Waals surface area (Å²) in [6.45, 7) is 0.0834. The van der Waals surface area contributed by atoms with Crippen LogP contribution in [-0.2, 0) is 4.79 Å². The van der Waals surface area contributed by atoms with Crippen LogP contribution in [0.1, 0.15) is 15.9 Å². The Hall–Kier alpha value is -4.45. The Morgan fingerprint density at radius 2 is 1.59 bits per heavy atom. The molecule has 0 bridgehead atoms. The fourth-order valence-corrected chi connectivity index (χ4v) is 3.17. The first-order valence-corrected chi connectivity index (χ1v) is 10.1. The summed E-state index contributed by atoms with van der Waals surface area (Å²) in [6.07, 6.45) is 1.50. The summed E-state index contributed by atoms with van der Waals surface area (Å²) >= 11 is 0. The molecule has 0 radical (unpaired) electrons. The van der Waals surface area contributed by atoms with E-state index in [0.717, 1.165) is 16.5 Å². The van der Waals surface area contributed by atoms with Gasteiger partial charge < -0.3 is 10.1 Å². The number of benzene rings is 4. The molecule has 0 saturated carbocycles. The second kappa shape index (κ2) is 10.0. The lowest BCUT2D eigenvalue weighted by atomic mass is 10.1. The molecule has 0 aromatic heterocycles. The first kappa shape index (κ1) is 20.8. The highest BCUT2D eigenvalue weighted by Gasteiger charge is 2.08. The Labute approximate surface area is 185 Å². The van der Waals surface area contributed by atoms with Crippen molar-refractivity contribution in [1.29, 1.82) is 0 Å². The number of hydrogen-bond donors (Lipinski definition) is 2. The van der Waals surface area contributed by atoms with Crippen molar-refractivity contribution in [3.8, 4) is 5.75 Å². The van der Waals surface area contributed by atoms with Gasteiger partial charge in [0.15, 0.2) is 0 Å². The number of anilines is 1. The summed E-state index contributed by atoms with van der Waals surface area (Å²) in [5, 5.41) is 9.28. The van der Waals surface area contributed by atoms with Gasteiger partial charge in [-0.3, -0.25) is 4.79 Å². The Bertz CT molecular complexity index is 1260. The van der Waals surface area contributed by atoms with Crippen molar-refractivity contribution in [3.63, 3.8) is 0 Å². The summed E-state index contributed by atoms with van der Waals surface area (Å²) in [6, 6.07) is 29.5. The quantitative estimate of drug-likeness (QED) is 0.197. The molecule has 0 aliphatic rings. The molecular weight excluding hydrogens is 402 g/mol. The van der Waals surface area contributed by atoms with Crippen LogP contribution in [0.5, 0.6) is 5.75 Å². The standard InChI is InChI=1S/C26H21N3O3/c30-25(18-27-24-15-7-12-20-9-4-5-14-23(20)24)29-28-17-19-8-6-13-22(16-19)32-26(31)21-10-2-1-3-11-21/h1-17,27H,18H2,(H,29,30)/b28-17+. The van der Waals surface area contributed by atoms with Gasteiger partial charge in [-0.25, -0.2) is 10.2 Å². The summed E-state index contributed by atoms with van der Waals surface area (Å²) in [5.74, 6) is -0.319. The highest BCUT2D eigenvalue weighted by Crippen LogP contribution is 2.22. The lowest BCUT2D eigenvalue weighted by Gasteiger charge is -2.08. The van der Waals surface area contributed by atoms with Crippen LogP contribution in [0.3, 0.4) is 0 Å². The zero-order chi connectivity index (χ0) is 22.2. The minimum absolute atomic E-state index is 0.0834. The van der Waals surface area contributed by atoms with Crippen LogP contribution >= 0.6 is 0 Å². The van der Waals surface area contributed by atoms with E-state index in [9.17, 15) is 9.59 Å². The van der Waals surface area contributed by atoms with Crippen LogP contribution in [0.4, 0.5) is 5.69 Å². The molecule has 0 unspecified atom stereocenters. The Kier molecular flexibility index (Phi) is 6.53. The third-order valence-electron chi connectivity index (χ3n) is 4.71. The lowest BCUT2D eigenvalue weighted by Crippen LogP contribution is -2.25. The van der Waals surface area contributed by atoms with E-state index < -0.39 is 5.97 Å². The SMILES string of the molecule is O=C(CNc1cccc2ccccc12)N/N=C/c1cccc(OC(=O)c2ccccc2)c1. The van der Waals surface area contributed by atoms with Crippen molar-refractivity contribution in [3.05, 3.63) is 108 Å². The zero-order valence-corrected chi connectivity index (χ0v) is 17.2. The van der Waals surface area contributed by atoms with Crippen LogP contribution in [0.15, 0.2) is 102 Å². The average molecular weight is 423 g/mol. The number of esters is 1. The maximum atomic E-state index is 12.2. The molecule has 0 aliphatic heterocycles. The Morgan fingerprint density at radius 1 is 0.844 bits per heavy atom. The summed E-state index contributed by atoms with van der Waals surface area (Å²) < 4.78 is 5.39. The molecule has 0 aliphatic carbocycles. The fourth-order valence-electron chi connectivity index (χ4n) is 3.17. The van der Waals surface area contributed by atoms with Crippen LogP contribution in [0.2, 0.25) is 0 Å². The summed E-state index contributed by atoms with van der Waals surface area (Å²) in [5.41, 5.74) is 4.54. The number of nitrogens with one attached hydrogen (secondary N) is 2. The number of fused-ring (bicyclic) bond motifs is 1. The number of nitrogens with zero attached hydrogens (tertiary/aromatic N) is 1. The minimum atomic E-state index is -0.437. The van der Waals surface area contributed by atoms with E-state index in [-0.39, 0.29) is 12.5 Å². The molecular formula is C26H21N3O3. The van der Waals surface area contributed by atoms with Gasteiger partial charge in [-0.1, -0.05) is 66.7 Å². The van der Waals surface area contributed by atoms with Gasteiger partial charge in [0.25, 0.3) is 5.91 Å². The highest BCUT2D eigenvalue weighted by atomic mass is 16.5. The predicted molar refractivity (Wildman–Crippen MR) is 126 cm³/mol. The van der Waals surface area contributed by atoms with Crippen LogP contribution in [0, 0.1) is 0 Å². The normalized spacial score (nSPS) is 10.8. The van der Waals surface area contributed by atoms with Gasteiger partial charge in [0, 0.05) is 11.1 Å². The molecule has 0 fully saturated rings. The fraction of sp³-hybridized carbons (Fsp3) is 0.0385. The smallest absolute Gasteiger partial charge is 0.343 e.